The number of carboxylic acid groups (broad SMARTS) is 1. The Balaban J connectivity index is 2.88. The Hall–Kier alpha value is -1.44. The largest absolute Gasteiger partial charge is 0.480 e. The van der Waals surface area contributed by atoms with Gasteiger partial charge in [0, 0.05) is 13.7 Å². The molecule has 0 aliphatic heterocycles. The second-order valence-electron chi connectivity index (χ2n) is 4.44. The molecule has 0 aliphatic carbocycles. The number of rotatable bonds is 8. The predicted octanol–water partition coefficient (Wildman–Crippen LogP) is 1.16. The molecule has 0 spiro atoms. The van der Waals surface area contributed by atoms with Crippen LogP contribution in [0, 0.1) is 0 Å². The van der Waals surface area contributed by atoms with Crippen molar-refractivity contribution in [2.45, 2.75) is 24.6 Å². The summed E-state index contributed by atoms with van der Waals surface area (Å²) in [5, 5.41) is 8.47. The second-order valence-corrected chi connectivity index (χ2v) is 6.57. The molecule has 0 saturated carbocycles. The van der Waals surface area contributed by atoms with Gasteiger partial charge in [-0.25, -0.2) is 8.42 Å². The van der Waals surface area contributed by atoms with Crippen molar-refractivity contribution in [2.75, 3.05) is 13.7 Å². The molecule has 1 aromatic rings. The number of aliphatic carboxylic acids is 1. The molecule has 0 heterocycles. The van der Waals surface area contributed by atoms with Crippen LogP contribution in [0.15, 0.2) is 30.3 Å². The van der Waals surface area contributed by atoms with E-state index in [9.17, 15) is 18.3 Å². The Labute approximate surface area is 118 Å². The number of hydrogen-bond acceptors (Lipinski definition) is 4. The van der Waals surface area contributed by atoms with Crippen LogP contribution in [0.4, 0.5) is 0 Å². The van der Waals surface area contributed by atoms with Crippen LogP contribution in [-0.4, -0.2) is 38.5 Å². The van der Waals surface area contributed by atoms with Crippen molar-refractivity contribution in [1.29, 1.82) is 0 Å². The highest BCUT2D eigenvalue weighted by molar-refractivity contribution is 7.90. The van der Waals surface area contributed by atoms with Gasteiger partial charge in [0.05, 0.1) is 5.25 Å². The van der Waals surface area contributed by atoms with E-state index in [1.165, 1.54) is 14.0 Å². The number of nitrogens with one attached hydrogen (secondary N) is 1. The minimum Gasteiger partial charge on any atom is -0.480 e. The van der Waals surface area contributed by atoms with Gasteiger partial charge in [0.2, 0.25) is 10.0 Å². The fraction of sp³-hybridized carbons (Fsp3) is 0.462. The van der Waals surface area contributed by atoms with Crippen molar-refractivity contribution < 1.29 is 23.1 Å². The van der Waals surface area contributed by atoms with Gasteiger partial charge in [-0.3, -0.25) is 4.79 Å². The van der Waals surface area contributed by atoms with Gasteiger partial charge >= 0.3 is 5.97 Å². The van der Waals surface area contributed by atoms with Crippen LogP contribution in [0.25, 0.3) is 0 Å². The molecule has 0 saturated heterocycles. The van der Waals surface area contributed by atoms with E-state index in [0.29, 0.717) is 18.6 Å². The molecule has 0 bridgehead atoms. The SMILES string of the molecule is COCCC(C)S(=O)(=O)N[C@H](C(=O)O)c1ccccc1. The predicted molar refractivity (Wildman–Crippen MR) is 74.8 cm³/mol. The van der Waals surface area contributed by atoms with Crippen molar-refractivity contribution in [3.05, 3.63) is 35.9 Å². The lowest BCUT2D eigenvalue weighted by atomic mass is 10.1. The molecule has 20 heavy (non-hydrogen) atoms. The van der Waals surface area contributed by atoms with E-state index in [-0.39, 0.29) is 0 Å². The fourth-order valence-electron chi connectivity index (χ4n) is 1.63. The number of ether oxygens (including phenoxy) is 1. The van der Waals surface area contributed by atoms with E-state index in [2.05, 4.69) is 4.72 Å². The van der Waals surface area contributed by atoms with Gasteiger partial charge < -0.3 is 9.84 Å². The Bertz CT molecular complexity index is 529. The number of hydrogen-bond donors (Lipinski definition) is 2. The summed E-state index contributed by atoms with van der Waals surface area (Å²) in [5.74, 6) is -1.24. The maximum absolute atomic E-state index is 12.1. The van der Waals surface area contributed by atoms with E-state index in [1.54, 1.807) is 30.3 Å². The van der Waals surface area contributed by atoms with Crippen LogP contribution < -0.4 is 4.72 Å². The van der Waals surface area contributed by atoms with E-state index < -0.39 is 27.3 Å². The number of sulfonamides is 1. The molecule has 0 fully saturated rings. The summed E-state index contributed by atoms with van der Waals surface area (Å²) < 4.78 is 31.3. The fourth-order valence-corrected chi connectivity index (χ4v) is 2.83. The van der Waals surface area contributed by atoms with Gasteiger partial charge in [0.15, 0.2) is 0 Å². The molecule has 1 aromatic carbocycles. The highest BCUT2D eigenvalue weighted by Gasteiger charge is 2.29. The first-order valence-electron chi connectivity index (χ1n) is 6.16. The molecular formula is C13H19NO5S. The zero-order valence-electron chi connectivity index (χ0n) is 11.4. The highest BCUT2D eigenvalue weighted by atomic mass is 32.2. The molecule has 0 radical (unpaired) electrons. The van der Waals surface area contributed by atoms with Crippen molar-refractivity contribution >= 4 is 16.0 Å². The third kappa shape index (κ3) is 4.59. The molecule has 0 aliphatic rings. The third-order valence-corrected chi connectivity index (χ3v) is 4.78. The molecule has 2 atom stereocenters. The lowest BCUT2D eigenvalue weighted by molar-refractivity contribution is -0.139. The first-order valence-corrected chi connectivity index (χ1v) is 7.71. The number of carboxylic acids is 1. The molecular weight excluding hydrogens is 282 g/mol. The maximum Gasteiger partial charge on any atom is 0.326 e. The van der Waals surface area contributed by atoms with E-state index >= 15 is 0 Å². The van der Waals surface area contributed by atoms with Crippen LogP contribution in [0.3, 0.4) is 0 Å². The van der Waals surface area contributed by atoms with E-state index in [1.807, 2.05) is 0 Å². The number of carbonyl (C=O) groups is 1. The average Bonchev–Trinajstić information content (AvgIpc) is 2.42. The Morgan fingerprint density at radius 3 is 2.45 bits per heavy atom. The van der Waals surface area contributed by atoms with Gasteiger partial charge in [-0.05, 0) is 18.9 Å². The van der Waals surface area contributed by atoms with E-state index in [4.69, 9.17) is 4.74 Å². The quantitative estimate of drug-likeness (QED) is 0.751. The zero-order valence-corrected chi connectivity index (χ0v) is 12.3. The monoisotopic (exact) mass is 301 g/mol. The topological polar surface area (TPSA) is 92.7 Å². The van der Waals surface area contributed by atoms with Crippen molar-refractivity contribution in [1.82, 2.24) is 4.72 Å². The Morgan fingerprint density at radius 2 is 1.95 bits per heavy atom. The van der Waals surface area contributed by atoms with Gasteiger partial charge in [-0.1, -0.05) is 30.3 Å². The Morgan fingerprint density at radius 1 is 1.35 bits per heavy atom. The molecule has 6 nitrogen and oxygen atoms in total. The van der Waals surface area contributed by atoms with Gasteiger partial charge in [0.25, 0.3) is 0 Å². The maximum atomic E-state index is 12.1. The van der Waals surface area contributed by atoms with E-state index in [0.717, 1.165) is 0 Å². The minimum absolute atomic E-state index is 0.297. The zero-order chi connectivity index (χ0) is 15.2. The minimum atomic E-state index is -3.74. The smallest absolute Gasteiger partial charge is 0.326 e. The van der Waals surface area contributed by atoms with Crippen LogP contribution in [-0.2, 0) is 19.6 Å². The van der Waals surface area contributed by atoms with Crippen LogP contribution in [0.1, 0.15) is 24.9 Å². The van der Waals surface area contributed by atoms with Crippen LogP contribution in [0.2, 0.25) is 0 Å². The first kappa shape index (κ1) is 16.6. The van der Waals surface area contributed by atoms with Crippen molar-refractivity contribution in [3.8, 4) is 0 Å². The average molecular weight is 301 g/mol. The summed E-state index contributed by atoms with van der Waals surface area (Å²) in [6.45, 7) is 1.82. The lowest BCUT2D eigenvalue weighted by Gasteiger charge is -2.18. The molecule has 1 unspecified atom stereocenters. The number of benzene rings is 1. The molecule has 1 rings (SSSR count). The van der Waals surface area contributed by atoms with Gasteiger partial charge in [-0.15, -0.1) is 0 Å². The van der Waals surface area contributed by atoms with Gasteiger partial charge in [0.1, 0.15) is 6.04 Å². The third-order valence-electron chi connectivity index (χ3n) is 2.92. The summed E-state index contributed by atoms with van der Waals surface area (Å²) in [7, 11) is -2.25. The van der Waals surface area contributed by atoms with Crippen molar-refractivity contribution in [3.63, 3.8) is 0 Å². The normalized spacial score (nSPS) is 14.7. The number of methoxy groups -OCH3 is 1. The summed E-state index contributed by atoms with van der Waals surface area (Å²) in [4.78, 5) is 11.3. The molecule has 0 aromatic heterocycles. The molecule has 112 valence electrons. The van der Waals surface area contributed by atoms with Crippen molar-refractivity contribution in [2.24, 2.45) is 0 Å². The molecule has 7 heteroatoms. The molecule has 0 amide bonds. The lowest BCUT2D eigenvalue weighted by Crippen LogP contribution is -2.39. The summed E-state index contributed by atoms with van der Waals surface area (Å²) in [6, 6.07) is 6.91. The summed E-state index contributed by atoms with van der Waals surface area (Å²) in [6.07, 6.45) is 0.299. The summed E-state index contributed by atoms with van der Waals surface area (Å²) in [5.41, 5.74) is 0.391. The summed E-state index contributed by atoms with van der Waals surface area (Å²) >= 11 is 0. The van der Waals surface area contributed by atoms with Gasteiger partial charge in [-0.2, -0.15) is 4.72 Å². The first-order chi connectivity index (χ1) is 9.38. The highest BCUT2D eigenvalue weighted by Crippen LogP contribution is 2.16. The standard InChI is InChI=1S/C13H19NO5S/c1-10(8-9-19-2)20(17,18)14-12(13(15)16)11-6-4-3-5-7-11/h3-7,10,12,14H,8-9H2,1-2H3,(H,15,16)/t10?,12-/m0/s1. The van der Waals surface area contributed by atoms with Crippen LogP contribution >= 0.6 is 0 Å². The van der Waals surface area contributed by atoms with Crippen LogP contribution in [0.5, 0.6) is 0 Å². The molecule has 2 N–H and O–H groups in total. The second kappa shape index (κ2) is 7.37. The Kier molecular flexibility index (Phi) is 6.12.